The summed E-state index contributed by atoms with van der Waals surface area (Å²) in [5, 5.41) is -0.334. The van der Waals surface area contributed by atoms with E-state index >= 15 is 0 Å². The topological polar surface area (TPSA) is 17.1 Å². The van der Waals surface area contributed by atoms with Crippen molar-refractivity contribution < 1.29 is 9.18 Å². The van der Waals surface area contributed by atoms with Crippen molar-refractivity contribution >= 4 is 16.8 Å². The average molecular weight is 199 g/mol. The van der Waals surface area contributed by atoms with Gasteiger partial charge in [0.15, 0.2) is 0 Å². The number of carbonyl (C=O) groups is 1. The van der Waals surface area contributed by atoms with E-state index in [-0.39, 0.29) is 11.1 Å². The van der Waals surface area contributed by atoms with Crippen LogP contribution in [0.3, 0.4) is 0 Å². The molecule has 68 valence electrons. The fraction of sp³-hybridized carbons (Fsp3) is 0.300. The Balaban J connectivity index is 2.36. The summed E-state index contributed by atoms with van der Waals surface area (Å²) in [6.07, 6.45) is 1.56. The van der Waals surface area contributed by atoms with E-state index in [0.717, 1.165) is 18.4 Å². The fourth-order valence-corrected chi connectivity index (χ4v) is 1.79. The maximum atomic E-state index is 12.6. The second-order valence-electron chi connectivity index (χ2n) is 3.36. The van der Waals surface area contributed by atoms with Gasteiger partial charge < -0.3 is 0 Å². The van der Waals surface area contributed by atoms with E-state index < -0.39 is 5.41 Å². The van der Waals surface area contributed by atoms with Crippen molar-refractivity contribution in [2.75, 3.05) is 0 Å². The van der Waals surface area contributed by atoms with Gasteiger partial charge >= 0.3 is 0 Å². The first-order chi connectivity index (χ1) is 6.15. The summed E-state index contributed by atoms with van der Waals surface area (Å²) in [5.41, 5.74) is 0.323. The van der Waals surface area contributed by atoms with E-state index in [9.17, 15) is 9.18 Å². The van der Waals surface area contributed by atoms with Gasteiger partial charge in [0.05, 0.1) is 5.41 Å². The lowest BCUT2D eigenvalue weighted by atomic mass is 9.98. The molecule has 0 bridgehead atoms. The maximum Gasteiger partial charge on any atom is 0.232 e. The van der Waals surface area contributed by atoms with Crippen LogP contribution in [0.5, 0.6) is 0 Å². The maximum absolute atomic E-state index is 12.6. The van der Waals surface area contributed by atoms with Crippen LogP contribution >= 0.6 is 11.6 Å². The van der Waals surface area contributed by atoms with Crippen molar-refractivity contribution in [3.63, 3.8) is 0 Å². The Morgan fingerprint density at radius 1 is 1.31 bits per heavy atom. The zero-order valence-corrected chi connectivity index (χ0v) is 7.64. The molecule has 2 rings (SSSR count). The summed E-state index contributed by atoms with van der Waals surface area (Å²) in [7, 11) is 0. The molecule has 1 aliphatic carbocycles. The van der Waals surface area contributed by atoms with Crippen molar-refractivity contribution in [1.82, 2.24) is 0 Å². The Morgan fingerprint density at radius 3 is 2.23 bits per heavy atom. The molecule has 1 aromatic rings. The van der Waals surface area contributed by atoms with Gasteiger partial charge in [-0.15, -0.1) is 0 Å². The second kappa shape index (κ2) is 2.81. The minimum Gasteiger partial charge on any atom is -0.280 e. The lowest BCUT2D eigenvalue weighted by Gasteiger charge is -2.09. The summed E-state index contributed by atoms with van der Waals surface area (Å²) in [4.78, 5) is 11.1. The molecule has 0 amide bonds. The Morgan fingerprint density at radius 2 is 1.85 bits per heavy atom. The van der Waals surface area contributed by atoms with Gasteiger partial charge in [0.2, 0.25) is 5.24 Å². The largest absolute Gasteiger partial charge is 0.280 e. The van der Waals surface area contributed by atoms with Gasteiger partial charge in [-0.2, -0.15) is 0 Å². The molecule has 0 spiro atoms. The standard InChI is InChI=1S/C10H8ClFO/c11-9(13)10(5-6-10)7-1-3-8(12)4-2-7/h1-4H,5-6H2. The van der Waals surface area contributed by atoms with E-state index in [4.69, 9.17) is 11.6 Å². The summed E-state index contributed by atoms with van der Waals surface area (Å²) < 4.78 is 12.6. The Labute approximate surface area is 80.5 Å². The monoisotopic (exact) mass is 198 g/mol. The van der Waals surface area contributed by atoms with Crippen LogP contribution in [-0.2, 0) is 10.2 Å². The lowest BCUT2D eigenvalue weighted by molar-refractivity contribution is -0.113. The molecular weight excluding hydrogens is 191 g/mol. The quantitative estimate of drug-likeness (QED) is 0.668. The van der Waals surface area contributed by atoms with Crippen molar-refractivity contribution in [3.05, 3.63) is 35.6 Å². The van der Waals surface area contributed by atoms with Gasteiger partial charge in [-0.05, 0) is 42.1 Å². The molecule has 0 aliphatic heterocycles. The molecular formula is C10H8ClFO. The third kappa shape index (κ3) is 1.35. The normalized spacial score (nSPS) is 18.3. The fourth-order valence-electron chi connectivity index (χ4n) is 1.49. The molecule has 0 N–H and O–H groups in total. The Kier molecular flexibility index (Phi) is 1.88. The molecule has 1 saturated carbocycles. The molecule has 0 radical (unpaired) electrons. The molecule has 0 atom stereocenters. The van der Waals surface area contributed by atoms with Gasteiger partial charge in [-0.3, -0.25) is 4.79 Å². The van der Waals surface area contributed by atoms with E-state index in [0.29, 0.717) is 0 Å². The highest BCUT2D eigenvalue weighted by Crippen LogP contribution is 2.49. The van der Waals surface area contributed by atoms with Crippen molar-refractivity contribution in [3.8, 4) is 0 Å². The highest BCUT2D eigenvalue weighted by atomic mass is 35.5. The van der Waals surface area contributed by atoms with Gasteiger partial charge in [0.25, 0.3) is 0 Å². The minimum absolute atomic E-state index is 0.290. The molecule has 1 aromatic carbocycles. The van der Waals surface area contributed by atoms with Gasteiger partial charge in [0, 0.05) is 0 Å². The molecule has 3 heteroatoms. The summed E-state index contributed by atoms with van der Waals surface area (Å²) in [6.45, 7) is 0. The predicted molar refractivity (Wildman–Crippen MR) is 48.2 cm³/mol. The van der Waals surface area contributed by atoms with Crippen LogP contribution in [-0.4, -0.2) is 5.24 Å². The number of rotatable bonds is 2. The SMILES string of the molecule is O=C(Cl)C1(c2ccc(F)cc2)CC1. The van der Waals surface area contributed by atoms with Crippen molar-refractivity contribution in [2.24, 2.45) is 0 Å². The zero-order chi connectivity index (χ0) is 9.47. The number of carbonyl (C=O) groups excluding carboxylic acids is 1. The van der Waals surface area contributed by atoms with Crippen molar-refractivity contribution in [1.29, 1.82) is 0 Å². The third-order valence-corrected chi connectivity index (χ3v) is 2.88. The van der Waals surface area contributed by atoms with E-state index in [1.54, 1.807) is 12.1 Å². The van der Waals surface area contributed by atoms with E-state index in [2.05, 4.69) is 0 Å². The molecule has 0 aromatic heterocycles. The summed E-state index contributed by atoms with van der Waals surface area (Å²) in [6, 6.07) is 5.97. The second-order valence-corrected chi connectivity index (χ2v) is 3.71. The predicted octanol–water partition coefficient (Wildman–Crippen LogP) is 2.62. The van der Waals surface area contributed by atoms with Crippen LogP contribution in [0.1, 0.15) is 18.4 Å². The number of halogens is 2. The van der Waals surface area contributed by atoms with Gasteiger partial charge in [-0.1, -0.05) is 12.1 Å². The van der Waals surface area contributed by atoms with Crippen LogP contribution in [0, 0.1) is 5.82 Å². The first-order valence-corrected chi connectivity index (χ1v) is 4.49. The van der Waals surface area contributed by atoms with Crippen LogP contribution in [0.25, 0.3) is 0 Å². The summed E-state index contributed by atoms with van der Waals surface area (Å²) >= 11 is 5.47. The lowest BCUT2D eigenvalue weighted by Crippen LogP contribution is -2.14. The van der Waals surface area contributed by atoms with Crippen LogP contribution in [0.2, 0.25) is 0 Å². The first kappa shape index (κ1) is 8.70. The average Bonchev–Trinajstić information content (AvgIpc) is 2.86. The van der Waals surface area contributed by atoms with Crippen LogP contribution < -0.4 is 0 Å². The molecule has 1 aliphatic rings. The molecule has 1 fully saturated rings. The molecule has 13 heavy (non-hydrogen) atoms. The third-order valence-electron chi connectivity index (χ3n) is 2.52. The highest BCUT2D eigenvalue weighted by Gasteiger charge is 2.50. The zero-order valence-electron chi connectivity index (χ0n) is 6.89. The van der Waals surface area contributed by atoms with E-state index in [1.165, 1.54) is 12.1 Å². The minimum atomic E-state index is -0.505. The Hall–Kier alpha value is -0.890. The number of benzene rings is 1. The number of hydrogen-bond acceptors (Lipinski definition) is 1. The van der Waals surface area contributed by atoms with Gasteiger partial charge in [0.1, 0.15) is 5.82 Å². The van der Waals surface area contributed by atoms with E-state index in [1.807, 2.05) is 0 Å². The first-order valence-electron chi connectivity index (χ1n) is 4.11. The Bertz CT molecular complexity index is 340. The molecule has 0 heterocycles. The highest BCUT2D eigenvalue weighted by molar-refractivity contribution is 6.66. The smallest absolute Gasteiger partial charge is 0.232 e. The van der Waals surface area contributed by atoms with Crippen molar-refractivity contribution in [2.45, 2.75) is 18.3 Å². The van der Waals surface area contributed by atoms with Gasteiger partial charge in [-0.25, -0.2) is 4.39 Å². The molecule has 1 nitrogen and oxygen atoms in total. The number of hydrogen-bond donors (Lipinski definition) is 0. The van der Waals surface area contributed by atoms with Crippen LogP contribution in [0.15, 0.2) is 24.3 Å². The summed E-state index contributed by atoms with van der Waals surface area (Å²) in [5.74, 6) is -0.290. The van der Waals surface area contributed by atoms with Crippen LogP contribution in [0.4, 0.5) is 4.39 Å². The molecule has 0 unspecified atom stereocenters. The molecule has 0 saturated heterocycles.